The zero-order chi connectivity index (χ0) is 14.7. The third-order valence-electron chi connectivity index (χ3n) is 3.74. The summed E-state index contributed by atoms with van der Waals surface area (Å²) in [6.07, 6.45) is 1.23. The highest BCUT2D eigenvalue weighted by Gasteiger charge is 2.29. The van der Waals surface area contributed by atoms with Crippen molar-refractivity contribution in [3.63, 3.8) is 0 Å². The van der Waals surface area contributed by atoms with E-state index in [2.05, 4.69) is 20.7 Å². The lowest BCUT2D eigenvalue weighted by Gasteiger charge is -2.32. The fraction of sp³-hybridized carbons (Fsp3) is 0.429. The van der Waals surface area contributed by atoms with Gasteiger partial charge in [0, 0.05) is 38.0 Å². The summed E-state index contributed by atoms with van der Waals surface area (Å²) < 4.78 is 5.28. The minimum Gasteiger partial charge on any atom is -0.388 e. The van der Waals surface area contributed by atoms with Crippen LogP contribution in [0.1, 0.15) is 12.8 Å². The molecule has 0 aliphatic carbocycles. The second-order valence-corrected chi connectivity index (χ2v) is 5.25. The number of fused-ring (bicyclic) bond motifs is 1. The van der Waals surface area contributed by atoms with E-state index in [-0.39, 0.29) is 0 Å². The molecule has 0 unspecified atom stereocenters. The monoisotopic (exact) mass is 289 g/mol. The third kappa shape index (κ3) is 3.05. The highest BCUT2D eigenvalue weighted by Crippen LogP contribution is 2.25. The van der Waals surface area contributed by atoms with Gasteiger partial charge in [-0.15, -0.1) is 0 Å². The van der Waals surface area contributed by atoms with Crippen LogP contribution in [0, 0.1) is 0 Å². The summed E-state index contributed by atoms with van der Waals surface area (Å²) >= 11 is 0. The largest absolute Gasteiger partial charge is 0.388 e. The van der Waals surface area contributed by atoms with E-state index in [4.69, 9.17) is 10.6 Å². The van der Waals surface area contributed by atoms with Gasteiger partial charge in [0.1, 0.15) is 5.82 Å². The quantitative estimate of drug-likeness (QED) is 0.489. The van der Waals surface area contributed by atoms with Gasteiger partial charge in [-0.3, -0.25) is 5.43 Å². The van der Waals surface area contributed by atoms with Crippen LogP contribution in [-0.2, 0) is 4.74 Å². The van der Waals surface area contributed by atoms with Gasteiger partial charge in [-0.1, -0.05) is 12.1 Å². The summed E-state index contributed by atoms with van der Waals surface area (Å²) in [5.41, 5.74) is 2.49. The molecule has 3 rings (SSSR count). The van der Waals surface area contributed by atoms with Crippen LogP contribution in [0.2, 0.25) is 0 Å². The van der Waals surface area contributed by atoms with Gasteiger partial charge in [0.2, 0.25) is 5.95 Å². The maximum Gasteiger partial charge on any atom is 0.239 e. The maximum atomic E-state index is 10.5. The summed E-state index contributed by atoms with van der Waals surface area (Å²) in [7, 11) is 0. The molecule has 0 atom stereocenters. The van der Waals surface area contributed by atoms with E-state index >= 15 is 0 Å². The van der Waals surface area contributed by atoms with Crippen LogP contribution in [0.5, 0.6) is 0 Å². The number of nitrogens with two attached hydrogens (primary N) is 1. The second-order valence-electron chi connectivity index (χ2n) is 5.25. The Bertz CT molecular complexity index is 628. The molecule has 1 fully saturated rings. The lowest BCUT2D eigenvalue weighted by molar-refractivity contribution is -0.0543. The molecular weight excluding hydrogens is 270 g/mol. The molecule has 21 heavy (non-hydrogen) atoms. The van der Waals surface area contributed by atoms with Crippen LogP contribution >= 0.6 is 0 Å². The third-order valence-corrected chi connectivity index (χ3v) is 3.74. The maximum absolute atomic E-state index is 10.5. The smallest absolute Gasteiger partial charge is 0.239 e. The van der Waals surface area contributed by atoms with Crippen molar-refractivity contribution in [3.05, 3.63) is 24.3 Å². The minimum atomic E-state index is -0.763. The predicted octanol–water partition coefficient (Wildman–Crippen LogP) is 0.869. The number of ether oxygens (including phenoxy) is 1. The molecule has 1 aliphatic heterocycles. The number of hydrogen-bond donors (Lipinski definition) is 4. The molecule has 0 spiro atoms. The van der Waals surface area contributed by atoms with Crippen LogP contribution < -0.4 is 16.6 Å². The van der Waals surface area contributed by atoms with Crippen molar-refractivity contribution in [3.8, 4) is 0 Å². The van der Waals surface area contributed by atoms with Gasteiger partial charge in [-0.05, 0) is 12.1 Å². The second kappa shape index (κ2) is 5.80. The predicted molar refractivity (Wildman–Crippen MR) is 80.8 cm³/mol. The molecule has 0 radical (unpaired) electrons. The molecule has 112 valence electrons. The van der Waals surface area contributed by atoms with E-state index in [0.717, 1.165) is 10.9 Å². The van der Waals surface area contributed by atoms with Crippen LogP contribution in [0.4, 0.5) is 11.8 Å². The highest BCUT2D eigenvalue weighted by atomic mass is 16.5. The number of rotatable bonds is 4. The Hall–Kier alpha value is -1.96. The molecule has 1 aromatic heterocycles. The van der Waals surface area contributed by atoms with E-state index in [1.165, 1.54) is 0 Å². The van der Waals surface area contributed by atoms with Gasteiger partial charge < -0.3 is 15.2 Å². The fourth-order valence-corrected chi connectivity index (χ4v) is 2.45. The lowest BCUT2D eigenvalue weighted by Crippen LogP contribution is -2.42. The summed E-state index contributed by atoms with van der Waals surface area (Å²) in [4.78, 5) is 8.63. The number of nitrogens with zero attached hydrogens (tertiary/aromatic N) is 2. The van der Waals surface area contributed by atoms with Crippen molar-refractivity contribution in [1.29, 1.82) is 0 Å². The first-order valence-electron chi connectivity index (χ1n) is 6.98. The number of nitrogen functional groups attached to an aromatic ring is 1. The fourth-order valence-electron chi connectivity index (χ4n) is 2.45. The van der Waals surface area contributed by atoms with Crippen LogP contribution in [0.15, 0.2) is 24.3 Å². The van der Waals surface area contributed by atoms with Crippen LogP contribution in [-0.4, -0.2) is 40.4 Å². The molecule has 1 aliphatic rings. The van der Waals surface area contributed by atoms with E-state index in [9.17, 15) is 5.11 Å². The Morgan fingerprint density at radius 2 is 2.00 bits per heavy atom. The lowest BCUT2D eigenvalue weighted by atomic mass is 9.94. The highest BCUT2D eigenvalue weighted by molar-refractivity contribution is 5.89. The van der Waals surface area contributed by atoms with Crippen molar-refractivity contribution in [1.82, 2.24) is 9.97 Å². The van der Waals surface area contributed by atoms with Gasteiger partial charge in [-0.25, -0.2) is 10.8 Å². The van der Waals surface area contributed by atoms with Gasteiger partial charge in [-0.2, -0.15) is 4.98 Å². The summed E-state index contributed by atoms with van der Waals surface area (Å²) in [6.45, 7) is 1.58. The number of benzene rings is 1. The Kier molecular flexibility index (Phi) is 3.87. The van der Waals surface area contributed by atoms with Gasteiger partial charge >= 0.3 is 0 Å². The van der Waals surface area contributed by atoms with Gasteiger partial charge in [0.05, 0.1) is 11.1 Å². The SMILES string of the molecule is NNc1nc(NCC2(O)CCOCC2)c2ccccc2n1. The number of para-hydroxylation sites is 1. The molecule has 1 aromatic carbocycles. The van der Waals surface area contributed by atoms with E-state index in [1.807, 2.05) is 24.3 Å². The number of hydrazine groups is 1. The molecule has 1 saturated heterocycles. The first kappa shape index (κ1) is 14.0. The van der Waals surface area contributed by atoms with Crippen molar-refractivity contribution in [2.75, 3.05) is 30.5 Å². The number of hydrogen-bond acceptors (Lipinski definition) is 7. The van der Waals surface area contributed by atoms with Crippen LogP contribution in [0.25, 0.3) is 10.9 Å². The molecular formula is C14H19N5O2. The molecule has 0 saturated carbocycles. The van der Waals surface area contributed by atoms with Gasteiger partial charge in [0.15, 0.2) is 0 Å². The molecule has 7 nitrogen and oxygen atoms in total. The molecule has 7 heteroatoms. The number of nitrogens with one attached hydrogen (secondary N) is 2. The summed E-state index contributed by atoms with van der Waals surface area (Å²) in [5.74, 6) is 6.41. The van der Waals surface area contributed by atoms with Crippen LogP contribution in [0.3, 0.4) is 0 Å². The average molecular weight is 289 g/mol. The number of aliphatic hydroxyl groups is 1. The van der Waals surface area contributed by atoms with E-state index < -0.39 is 5.60 Å². The van der Waals surface area contributed by atoms with E-state index in [1.54, 1.807) is 0 Å². The molecule has 2 aromatic rings. The van der Waals surface area contributed by atoms with Gasteiger partial charge in [0.25, 0.3) is 0 Å². The Morgan fingerprint density at radius 3 is 2.76 bits per heavy atom. The molecule has 5 N–H and O–H groups in total. The minimum absolute atomic E-state index is 0.343. The van der Waals surface area contributed by atoms with E-state index in [0.29, 0.717) is 44.4 Å². The molecule has 2 heterocycles. The zero-order valence-corrected chi connectivity index (χ0v) is 11.7. The molecule has 0 bridgehead atoms. The Labute approximate surface area is 122 Å². The van der Waals surface area contributed by atoms with Crippen molar-refractivity contribution in [2.45, 2.75) is 18.4 Å². The van der Waals surface area contributed by atoms with Crippen molar-refractivity contribution < 1.29 is 9.84 Å². The Balaban J connectivity index is 1.85. The average Bonchev–Trinajstić information content (AvgIpc) is 2.53. The first-order chi connectivity index (χ1) is 10.2. The standard InChI is InChI=1S/C14H19N5O2/c15-19-13-17-11-4-2-1-3-10(11)12(18-13)16-9-14(20)5-7-21-8-6-14/h1-4,20H,5-9,15H2,(H2,16,17,18,19). The number of anilines is 2. The zero-order valence-electron chi connectivity index (χ0n) is 11.7. The number of aromatic nitrogens is 2. The first-order valence-corrected chi connectivity index (χ1v) is 6.98. The summed E-state index contributed by atoms with van der Waals surface area (Å²) in [5, 5.41) is 14.6. The normalized spacial score (nSPS) is 17.6. The molecule has 0 amide bonds. The topological polar surface area (TPSA) is 105 Å². The van der Waals surface area contributed by atoms with Crippen molar-refractivity contribution in [2.24, 2.45) is 5.84 Å². The Morgan fingerprint density at radius 1 is 1.24 bits per heavy atom. The van der Waals surface area contributed by atoms with Crippen molar-refractivity contribution >= 4 is 22.7 Å². The summed E-state index contributed by atoms with van der Waals surface area (Å²) in [6, 6.07) is 7.67.